The van der Waals surface area contributed by atoms with Gasteiger partial charge in [0, 0.05) is 6.07 Å². The van der Waals surface area contributed by atoms with E-state index < -0.39 is 22.2 Å². The maximum Gasteiger partial charge on any atom is 0.318 e. The first-order valence-electron chi connectivity index (χ1n) is 5.46. The number of benzene rings is 1. The molecule has 1 aromatic rings. The number of hydrogen-bond donors (Lipinski definition) is 2. The second-order valence-electron chi connectivity index (χ2n) is 4.59. The molecule has 102 valence electrons. The molecule has 2 N–H and O–H groups in total. The van der Waals surface area contributed by atoms with Crippen LogP contribution in [0.4, 0.5) is 11.4 Å². The zero-order valence-corrected chi connectivity index (χ0v) is 10.8. The van der Waals surface area contributed by atoms with Crippen LogP contribution in [0.25, 0.3) is 0 Å². The summed E-state index contributed by atoms with van der Waals surface area (Å²) in [6.45, 7) is 4.01. The Hall–Kier alpha value is -2.44. The number of nitrogens with one attached hydrogen (secondary N) is 1. The molecule has 1 aromatic carbocycles. The van der Waals surface area contributed by atoms with Gasteiger partial charge in [-0.1, -0.05) is 6.07 Å². The lowest BCUT2D eigenvalue weighted by atomic mass is 9.92. The van der Waals surface area contributed by atoms with Crippen LogP contribution in [0.15, 0.2) is 18.2 Å². The van der Waals surface area contributed by atoms with Crippen LogP contribution >= 0.6 is 0 Å². The van der Waals surface area contributed by atoms with Gasteiger partial charge in [0.1, 0.15) is 5.41 Å². The molecule has 0 unspecified atom stereocenters. The van der Waals surface area contributed by atoms with E-state index in [-0.39, 0.29) is 16.9 Å². The van der Waals surface area contributed by atoms with Gasteiger partial charge in [-0.25, -0.2) is 0 Å². The predicted molar refractivity (Wildman–Crippen MR) is 67.9 cm³/mol. The Balaban J connectivity index is 3.08. The quantitative estimate of drug-likeness (QED) is 0.491. The number of hydrogen-bond acceptors (Lipinski definition) is 4. The number of nitro groups is 1. The SMILES string of the molecule is Cc1c(NC(=O)C(C)(C)C(=O)O)cccc1[N+](=O)[O-]. The second-order valence-corrected chi connectivity index (χ2v) is 4.59. The van der Waals surface area contributed by atoms with Crippen molar-refractivity contribution in [2.24, 2.45) is 5.41 Å². The fourth-order valence-electron chi connectivity index (χ4n) is 1.33. The number of carbonyl (C=O) groups is 2. The number of anilines is 1. The van der Waals surface area contributed by atoms with Gasteiger partial charge in [-0.05, 0) is 26.8 Å². The summed E-state index contributed by atoms with van der Waals surface area (Å²) in [5.74, 6) is -2.00. The molecule has 0 fully saturated rings. The molecule has 7 nitrogen and oxygen atoms in total. The van der Waals surface area contributed by atoms with E-state index in [0.29, 0.717) is 0 Å². The molecule has 7 heteroatoms. The molecule has 0 atom stereocenters. The van der Waals surface area contributed by atoms with E-state index in [4.69, 9.17) is 5.11 Å². The van der Waals surface area contributed by atoms with E-state index in [1.807, 2.05) is 0 Å². The molecule has 0 spiro atoms. The Morgan fingerprint density at radius 1 is 1.37 bits per heavy atom. The summed E-state index contributed by atoms with van der Waals surface area (Å²) in [5.41, 5.74) is -1.24. The van der Waals surface area contributed by atoms with Crippen molar-refractivity contribution in [1.29, 1.82) is 0 Å². The van der Waals surface area contributed by atoms with Crippen molar-refractivity contribution in [2.45, 2.75) is 20.8 Å². The van der Waals surface area contributed by atoms with E-state index in [1.165, 1.54) is 39.0 Å². The summed E-state index contributed by atoms with van der Waals surface area (Å²) in [4.78, 5) is 33.0. The van der Waals surface area contributed by atoms with Crippen molar-refractivity contribution in [3.63, 3.8) is 0 Å². The van der Waals surface area contributed by atoms with Gasteiger partial charge in [0.15, 0.2) is 0 Å². The first kappa shape index (κ1) is 14.6. The van der Waals surface area contributed by atoms with Gasteiger partial charge in [0.25, 0.3) is 5.69 Å². The fourth-order valence-corrected chi connectivity index (χ4v) is 1.33. The van der Waals surface area contributed by atoms with Gasteiger partial charge in [-0.2, -0.15) is 0 Å². The predicted octanol–water partition coefficient (Wildman–Crippen LogP) is 1.95. The van der Waals surface area contributed by atoms with Gasteiger partial charge in [0.05, 0.1) is 16.2 Å². The zero-order chi connectivity index (χ0) is 14.8. The molecule has 1 amide bonds. The van der Waals surface area contributed by atoms with Crippen LogP contribution in [-0.2, 0) is 9.59 Å². The maximum absolute atomic E-state index is 11.8. The molecule has 19 heavy (non-hydrogen) atoms. The number of nitro benzene ring substituents is 1. The second kappa shape index (κ2) is 5.05. The Labute approximate surface area is 109 Å². The number of carbonyl (C=O) groups excluding carboxylic acids is 1. The summed E-state index contributed by atoms with van der Waals surface area (Å²) in [6, 6.07) is 4.22. The lowest BCUT2D eigenvalue weighted by Gasteiger charge is -2.19. The number of nitrogens with zero attached hydrogens (tertiary/aromatic N) is 1. The van der Waals surface area contributed by atoms with Crippen molar-refractivity contribution in [3.05, 3.63) is 33.9 Å². The van der Waals surface area contributed by atoms with E-state index in [1.54, 1.807) is 0 Å². The topological polar surface area (TPSA) is 110 Å². The Morgan fingerprint density at radius 2 is 1.95 bits per heavy atom. The van der Waals surface area contributed by atoms with Crippen LogP contribution in [0.2, 0.25) is 0 Å². The van der Waals surface area contributed by atoms with Crippen molar-refractivity contribution < 1.29 is 19.6 Å². The minimum Gasteiger partial charge on any atom is -0.480 e. The monoisotopic (exact) mass is 266 g/mol. The number of carboxylic acids is 1. The van der Waals surface area contributed by atoms with Gasteiger partial charge in [-0.3, -0.25) is 19.7 Å². The van der Waals surface area contributed by atoms with E-state index in [2.05, 4.69) is 5.32 Å². The van der Waals surface area contributed by atoms with Crippen LogP contribution < -0.4 is 5.32 Å². The summed E-state index contributed by atoms with van der Waals surface area (Å²) >= 11 is 0. The fraction of sp³-hybridized carbons (Fsp3) is 0.333. The van der Waals surface area contributed by atoms with Gasteiger partial charge >= 0.3 is 5.97 Å². The summed E-state index contributed by atoms with van der Waals surface area (Å²) in [5, 5.41) is 22.1. The van der Waals surface area contributed by atoms with Gasteiger partial charge < -0.3 is 10.4 Å². The van der Waals surface area contributed by atoms with Crippen molar-refractivity contribution in [3.8, 4) is 0 Å². The molecule has 0 aliphatic heterocycles. The maximum atomic E-state index is 11.8. The Kier molecular flexibility index (Phi) is 3.89. The Bertz CT molecular complexity index is 551. The van der Waals surface area contributed by atoms with Crippen LogP contribution in [0.1, 0.15) is 19.4 Å². The van der Waals surface area contributed by atoms with Crippen molar-refractivity contribution >= 4 is 23.3 Å². The molecule has 0 heterocycles. The standard InChI is InChI=1S/C12H14N2O5/c1-7-8(5-4-6-9(7)14(18)19)13-10(15)12(2,3)11(16)17/h4-6H,1-3H3,(H,13,15)(H,16,17). The number of amides is 1. The summed E-state index contributed by atoms with van der Waals surface area (Å²) in [6.07, 6.45) is 0. The third kappa shape index (κ3) is 2.87. The van der Waals surface area contributed by atoms with Gasteiger partial charge in [0.2, 0.25) is 5.91 Å². The highest BCUT2D eigenvalue weighted by molar-refractivity contribution is 6.07. The Morgan fingerprint density at radius 3 is 2.42 bits per heavy atom. The molecule has 0 saturated carbocycles. The normalized spacial score (nSPS) is 10.9. The zero-order valence-electron chi connectivity index (χ0n) is 10.8. The number of aliphatic carboxylic acids is 1. The van der Waals surface area contributed by atoms with E-state index in [9.17, 15) is 19.7 Å². The van der Waals surface area contributed by atoms with Crippen LogP contribution in [0, 0.1) is 22.5 Å². The average Bonchev–Trinajstić information content (AvgIpc) is 2.30. The highest BCUT2D eigenvalue weighted by Gasteiger charge is 2.36. The summed E-state index contributed by atoms with van der Waals surface area (Å²) < 4.78 is 0. The molecule has 0 aliphatic carbocycles. The highest BCUT2D eigenvalue weighted by Crippen LogP contribution is 2.27. The van der Waals surface area contributed by atoms with E-state index >= 15 is 0 Å². The molecule has 0 bridgehead atoms. The average molecular weight is 266 g/mol. The minimum atomic E-state index is -1.61. The molecule has 1 rings (SSSR count). The largest absolute Gasteiger partial charge is 0.480 e. The number of carboxylic acid groups (broad SMARTS) is 1. The number of rotatable bonds is 4. The summed E-state index contributed by atoms with van der Waals surface area (Å²) in [7, 11) is 0. The van der Waals surface area contributed by atoms with Crippen LogP contribution in [0.5, 0.6) is 0 Å². The highest BCUT2D eigenvalue weighted by atomic mass is 16.6. The lowest BCUT2D eigenvalue weighted by molar-refractivity contribution is -0.385. The van der Waals surface area contributed by atoms with Gasteiger partial charge in [-0.15, -0.1) is 0 Å². The third-order valence-electron chi connectivity index (χ3n) is 2.85. The van der Waals surface area contributed by atoms with Crippen LogP contribution in [0.3, 0.4) is 0 Å². The molecule has 0 aromatic heterocycles. The first-order valence-corrected chi connectivity index (χ1v) is 5.46. The molecule has 0 radical (unpaired) electrons. The third-order valence-corrected chi connectivity index (χ3v) is 2.85. The smallest absolute Gasteiger partial charge is 0.318 e. The van der Waals surface area contributed by atoms with Crippen LogP contribution in [-0.4, -0.2) is 21.9 Å². The van der Waals surface area contributed by atoms with Crippen molar-refractivity contribution in [1.82, 2.24) is 0 Å². The molecule has 0 saturated heterocycles. The molecular formula is C12H14N2O5. The lowest BCUT2D eigenvalue weighted by Crippen LogP contribution is -2.38. The first-order chi connectivity index (χ1) is 8.67. The van der Waals surface area contributed by atoms with Crippen molar-refractivity contribution in [2.75, 3.05) is 5.32 Å². The molecule has 0 aliphatic rings. The van der Waals surface area contributed by atoms with E-state index in [0.717, 1.165) is 0 Å². The minimum absolute atomic E-state index is 0.133. The molecular weight excluding hydrogens is 252 g/mol.